The van der Waals surface area contributed by atoms with E-state index >= 15 is 0 Å². The van der Waals surface area contributed by atoms with E-state index in [1.807, 2.05) is 13.0 Å². The van der Waals surface area contributed by atoms with Crippen molar-refractivity contribution >= 4 is 22.8 Å². The summed E-state index contributed by atoms with van der Waals surface area (Å²) in [6.07, 6.45) is 0. The van der Waals surface area contributed by atoms with E-state index in [1.165, 1.54) is 32.4 Å². The minimum atomic E-state index is -0.678. The number of rotatable bonds is 8. The van der Waals surface area contributed by atoms with Crippen LogP contribution >= 0.6 is 0 Å². The molecule has 3 aromatic rings. The molecule has 2 N–H and O–H groups in total. The normalized spacial score (nSPS) is 10.5. The molecule has 1 aromatic heterocycles. The van der Waals surface area contributed by atoms with Gasteiger partial charge in [0.05, 0.1) is 19.8 Å². The third-order valence-corrected chi connectivity index (χ3v) is 4.40. The third kappa shape index (κ3) is 4.95. The van der Waals surface area contributed by atoms with Gasteiger partial charge < -0.3 is 29.1 Å². The van der Waals surface area contributed by atoms with Gasteiger partial charge in [-0.3, -0.25) is 4.79 Å². The second-order valence-corrected chi connectivity index (χ2v) is 6.63. The molecule has 0 aliphatic rings. The van der Waals surface area contributed by atoms with E-state index in [1.54, 1.807) is 12.1 Å². The number of primary amides is 1. The van der Waals surface area contributed by atoms with Crippen LogP contribution < -0.4 is 25.6 Å². The quantitative estimate of drug-likeness (QED) is 0.429. The number of amides is 1. The minimum absolute atomic E-state index is 0.127. The van der Waals surface area contributed by atoms with Crippen molar-refractivity contribution in [1.82, 2.24) is 0 Å². The van der Waals surface area contributed by atoms with Gasteiger partial charge in [0, 0.05) is 17.0 Å². The molecule has 0 radical (unpaired) electrons. The molecule has 31 heavy (non-hydrogen) atoms. The highest BCUT2D eigenvalue weighted by Gasteiger charge is 2.19. The molecule has 3 rings (SSSR count). The summed E-state index contributed by atoms with van der Waals surface area (Å²) in [5.41, 5.74) is 6.56. The van der Waals surface area contributed by atoms with Crippen molar-refractivity contribution in [2.24, 2.45) is 5.73 Å². The maximum Gasteiger partial charge on any atom is 0.338 e. The number of fused-ring (bicyclic) bond motifs is 1. The van der Waals surface area contributed by atoms with E-state index in [2.05, 4.69) is 0 Å². The largest absolute Gasteiger partial charge is 0.493 e. The second kappa shape index (κ2) is 9.21. The van der Waals surface area contributed by atoms with Crippen LogP contribution in [0.4, 0.5) is 0 Å². The predicted molar refractivity (Wildman–Crippen MR) is 111 cm³/mol. The molecule has 0 saturated carbocycles. The Bertz CT molecular complexity index is 1170. The van der Waals surface area contributed by atoms with E-state index in [4.69, 9.17) is 29.1 Å². The highest BCUT2D eigenvalue weighted by atomic mass is 16.5. The first-order valence-corrected chi connectivity index (χ1v) is 9.20. The summed E-state index contributed by atoms with van der Waals surface area (Å²) in [5, 5.41) is 0.670. The number of carbonyl (C=O) groups excluding carboxylic acids is 2. The summed E-state index contributed by atoms with van der Waals surface area (Å²) in [4.78, 5) is 35.5. The van der Waals surface area contributed by atoms with Crippen molar-refractivity contribution in [3.05, 3.63) is 63.5 Å². The van der Waals surface area contributed by atoms with Gasteiger partial charge in [0.25, 0.3) is 5.91 Å². The second-order valence-electron chi connectivity index (χ2n) is 6.63. The van der Waals surface area contributed by atoms with Crippen LogP contribution in [0.3, 0.4) is 0 Å². The molecule has 0 fully saturated rings. The third-order valence-electron chi connectivity index (χ3n) is 4.40. The standard InChI is InChI=1S/C22H21NO8/c1-12-4-5-15-14(9-20(25)31-16(15)6-12)10-30-22(26)13-7-17(27-2)21(18(8-13)28-3)29-11-19(23)24/h4-9H,10-11H2,1-3H3,(H2,23,24). The average Bonchev–Trinajstić information content (AvgIpc) is 2.74. The molecule has 9 heteroatoms. The number of hydrogen-bond acceptors (Lipinski definition) is 8. The van der Waals surface area contributed by atoms with Crippen LogP contribution in [-0.4, -0.2) is 32.7 Å². The SMILES string of the molecule is COc1cc(C(=O)OCc2cc(=O)oc3cc(C)ccc23)cc(OC)c1OCC(N)=O. The number of hydrogen-bond donors (Lipinski definition) is 1. The first-order valence-electron chi connectivity index (χ1n) is 9.20. The van der Waals surface area contributed by atoms with E-state index in [0.717, 1.165) is 5.56 Å². The Balaban J connectivity index is 1.86. The molecular formula is C22H21NO8. The van der Waals surface area contributed by atoms with Crippen LogP contribution in [0.25, 0.3) is 11.0 Å². The van der Waals surface area contributed by atoms with Gasteiger partial charge in [0.2, 0.25) is 5.75 Å². The van der Waals surface area contributed by atoms with Crippen LogP contribution in [-0.2, 0) is 16.1 Å². The molecule has 0 aliphatic carbocycles. The summed E-state index contributed by atoms with van der Waals surface area (Å²) in [5.74, 6) is -0.904. The van der Waals surface area contributed by atoms with Gasteiger partial charge in [-0.25, -0.2) is 9.59 Å². The maximum absolute atomic E-state index is 12.7. The molecule has 0 unspecified atom stereocenters. The fraction of sp³-hybridized carbons (Fsp3) is 0.227. The number of methoxy groups -OCH3 is 2. The van der Waals surface area contributed by atoms with Gasteiger partial charge in [0.1, 0.15) is 12.2 Å². The first kappa shape index (κ1) is 21.7. The summed E-state index contributed by atoms with van der Waals surface area (Å²) in [6, 6.07) is 9.47. The van der Waals surface area contributed by atoms with Crippen LogP contribution in [0, 0.1) is 6.92 Å². The molecule has 1 heterocycles. The van der Waals surface area contributed by atoms with Crippen molar-refractivity contribution in [3.63, 3.8) is 0 Å². The predicted octanol–water partition coefficient (Wildman–Crippen LogP) is 2.34. The van der Waals surface area contributed by atoms with Crippen LogP contribution in [0.2, 0.25) is 0 Å². The Morgan fingerprint density at radius 3 is 2.32 bits per heavy atom. The first-order chi connectivity index (χ1) is 14.8. The topological polar surface area (TPSA) is 127 Å². The van der Waals surface area contributed by atoms with Gasteiger partial charge in [-0.1, -0.05) is 12.1 Å². The van der Waals surface area contributed by atoms with E-state index in [-0.39, 0.29) is 36.0 Å². The molecule has 162 valence electrons. The number of nitrogens with two attached hydrogens (primary N) is 1. The Morgan fingerprint density at radius 2 is 1.71 bits per heavy atom. The molecule has 1 amide bonds. The van der Waals surface area contributed by atoms with Crippen molar-refractivity contribution < 1.29 is 33.0 Å². The van der Waals surface area contributed by atoms with E-state index < -0.39 is 17.5 Å². The molecule has 2 aromatic carbocycles. The number of aryl methyl sites for hydroxylation is 1. The number of carbonyl (C=O) groups is 2. The fourth-order valence-corrected chi connectivity index (χ4v) is 2.97. The highest BCUT2D eigenvalue weighted by Crippen LogP contribution is 2.38. The Kier molecular flexibility index (Phi) is 6.44. The maximum atomic E-state index is 12.7. The lowest BCUT2D eigenvalue weighted by atomic mass is 10.1. The monoisotopic (exact) mass is 427 g/mol. The lowest BCUT2D eigenvalue weighted by Crippen LogP contribution is -2.20. The Hall–Kier alpha value is -4.01. The molecule has 0 aliphatic heterocycles. The zero-order valence-corrected chi connectivity index (χ0v) is 17.2. The van der Waals surface area contributed by atoms with E-state index in [0.29, 0.717) is 16.5 Å². The Labute approximate surface area is 177 Å². The molecule has 9 nitrogen and oxygen atoms in total. The lowest BCUT2D eigenvalue weighted by molar-refractivity contribution is -0.120. The van der Waals surface area contributed by atoms with Crippen molar-refractivity contribution in [2.45, 2.75) is 13.5 Å². The number of ether oxygens (including phenoxy) is 4. The molecule has 0 saturated heterocycles. The van der Waals surface area contributed by atoms with Gasteiger partial charge >= 0.3 is 11.6 Å². The zero-order chi connectivity index (χ0) is 22.5. The van der Waals surface area contributed by atoms with Gasteiger partial charge in [-0.05, 0) is 30.7 Å². The van der Waals surface area contributed by atoms with Gasteiger partial charge in [0.15, 0.2) is 18.1 Å². The van der Waals surface area contributed by atoms with Crippen molar-refractivity contribution in [3.8, 4) is 17.2 Å². The van der Waals surface area contributed by atoms with Crippen LogP contribution in [0.15, 0.2) is 45.6 Å². The summed E-state index contributed by atoms with van der Waals surface area (Å²) >= 11 is 0. The lowest BCUT2D eigenvalue weighted by Gasteiger charge is -2.15. The zero-order valence-electron chi connectivity index (χ0n) is 17.2. The van der Waals surface area contributed by atoms with Crippen LogP contribution in [0.1, 0.15) is 21.5 Å². The number of esters is 1. The van der Waals surface area contributed by atoms with Gasteiger partial charge in [-0.2, -0.15) is 0 Å². The van der Waals surface area contributed by atoms with Crippen LogP contribution in [0.5, 0.6) is 17.2 Å². The molecule has 0 spiro atoms. The van der Waals surface area contributed by atoms with Crippen molar-refractivity contribution in [1.29, 1.82) is 0 Å². The highest BCUT2D eigenvalue weighted by molar-refractivity contribution is 5.91. The average molecular weight is 427 g/mol. The molecular weight excluding hydrogens is 406 g/mol. The Morgan fingerprint density at radius 1 is 1.03 bits per heavy atom. The summed E-state index contributed by atoms with van der Waals surface area (Å²) in [6.45, 7) is 1.35. The van der Waals surface area contributed by atoms with E-state index in [9.17, 15) is 14.4 Å². The minimum Gasteiger partial charge on any atom is -0.493 e. The van der Waals surface area contributed by atoms with Gasteiger partial charge in [-0.15, -0.1) is 0 Å². The summed E-state index contributed by atoms with van der Waals surface area (Å²) in [7, 11) is 2.75. The van der Waals surface area contributed by atoms with Crippen molar-refractivity contribution in [2.75, 3.05) is 20.8 Å². The molecule has 0 atom stereocenters. The molecule has 0 bridgehead atoms. The number of benzene rings is 2. The fourth-order valence-electron chi connectivity index (χ4n) is 2.97. The smallest absolute Gasteiger partial charge is 0.338 e. The summed E-state index contributed by atoms with van der Waals surface area (Å²) < 4.78 is 26.4.